The van der Waals surface area contributed by atoms with Crippen LogP contribution in [0.25, 0.3) is 5.65 Å². The van der Waals surface area contributed by atoms with Crippen LogP contribution in [-0.2, 0) is 6.54 Å². The van der Waals surface area contributed by atoms with Gasteiger partial charge in [-0.15, -0.1) is 21.5 Å². The quantitative estimate of drug-likeness (QED) is 0.799. The van der Waals surface area contributed by atoms with Gasteiger partial charge in [0, 0.05) is 17.3 Å². The highest BCUT2D eigenvalue weighted by Gasteiger charge is 2.11. The molecule has 1 N–H and O–H groups in total. The van der Waals surface area contributed by atoms with Crippen molar-refractivity contribution >= 4 is 22.8 Å². The first-order chi connectivity index (χ1) is 9.65. The third-order valence-corrected chi connectivity index (χ3v) is 4.03. The molecule has 104 valence electrons. The zero-order valence-corrected chi connectivity index (χ0v) is 12.5. The summed E-state index contributed by atoms with van der Waals surface area (Å²) in [6, 6.07) is 0. The van der Waals surface area contributed by atoms with E-state index in [1.54, 1.807) is 23.9 Å². The second kappa shape index (κ2) is 5.16. The van der Waals surface area contributed by atoms with Crippen molar-refractivity contribution < 1.29 is 0 Å². The molecule has 0 saturated heterocycles. The van der Waals surface area contributed by atoms with E-state index in [2.05, 4.69) is 46.3 Å². The molecule has 0 fully saturated rings. The lowest BCUT2D eigenvalue weighted by Crippen LogP contribution is -2.03. The number of hydrogen-bond acceptors (Lipinski definition) is 6. The van der Waals surface area contributed by atoms with Crippen molar-refractivity contribution in [1.29, 1.82) is 0 Å². The lowest BCUT2D eigenvalue weighted by atomic mass is 10.1. The average Bonchev–Trinajstić information content (AvgIpc) is 3.02. The monoisotopic (exact) mass is 288 g/mol. The van der Waals surface area contributed by atoms with Gasteiger partial charge in [0.15, 0.2) is 5.82 Å². The minimum absolute atomic E-state index is 0.457. The summed E-state index contributed by atoms with van der Waals surface area (Å²) >= 11 is 1.73. The maximum atomic E-state index is 4.68. The molecule has 0 saturated carbocycles. The van der Waals surface area contributed by atoms with Crippen molar-refractivity contribution in [2.75, 3.05) is 5.32 Å². The first-order valence-electron chi connectivity index (χ1n) is 6.49. The Hall–Kier alpha value is -2.02. The van der Waals surface area contributed by atoms with E-state index in [1.807, 2.05) is 10.6 Å². The SMILES string of the molecule is Cc1sc(CNc2nccn3cnnc23)nc1C(C)C. The Kier molecular flexibility index (Phi) is 3.35. The number of nitrogens with one attached hydrogen (secondary N) is 1. The van der Waals surface area contributed by atoms with Crippen molar-refractivity contribution in [1.82, 2.24) is 24.6 Å². The Labute approximate surface area is 120 Å². The van der Waals surface area contributed by atoms with Gasteiger partial charge in [0.1, 0.15) is 11.3 Å². The van der Waals surface area contributed by atoms with E-state index in [4.69, 9.17) is 0 Å². The number of nitrogens with zero attached hydrogens (tertiary/aromatic N) is 5. The van der Waals surface area contributed by atoms with Gasteiger partial charge >= 0.3 is 0 Å². The van der Waals surface area contributed by atoms with Gasteiger partial charge in [-0.1, -0.05) is 13.8 Å². The van der Waals surface area contributed by atoms with Crippen LogP contribution in [0.1, 0.15) is 35.3 Å². The molecule has 0 aliphatic heterocycles. The number of rotatable bonds is 4. The van der Waals surface area contributed by atoms with E-state index in [1.165, 1.54) is 10.6 Å². The van der Waals surface area contributed by atoms with Crippen LogP contribution < -0.4 is 5.32 Å². The van der Waals surface area contributed by atoms with Crippen molar-refractivity contribution in [2.24, 2.45) is 0 Å². The summed E-state index contributed by atoms with van der Waals surface area (Å²) in [6.45, 7) is 7.10. The van der Waals surface area contributed by atoms with Crippen molar-refractivity contribution in [3.8, 4) is 0 Å². The summed E-state index contributed by atoms with van der Waals surface area (Å²) in [5.74, 6) is 1.18. The van der Waals surface area contributed by atoms with Crippen LogP contribution in [0.15, 0.2) is 18.7 Å². The molecule has 3 rings (SSSR count). The average molecular weight is 288 g/mol. The van der Waals surface area contributed by atoms with Gasteiger partial charge in [0.2, 0.25) is 5.65 Å². The molecular formula is C13H16N6S. The van der Waals surface area contributed by atoms with E-state index in [0.717, 1.165) is 16.5 Å². The first-order valence-corrected chi connectivity index (χ1v) is 7.31. The van der Waals surface area contributed by atoms with E-state index in [0.29, 0.717) is 12.5 Å². The predicted octanol–water partition coefficient (Wildman–Crippen LogP) is 2.62. The highest BCUT2D eigenvalue weighted by molar-refractivity contribution is 7.11. The van der Waals surface area contributed by atoms with Gasteiger partial charge < -0.3 is 5.32 Å². The fourth-order valence-electron chi connectivity index (χ4n) is 2.12. The van der Waals surface area contributed by atoms with E-state index >= 15 is 0 Å². The topological polar surface area (TPSA) is 68.0 Å². The Morgan fingerprint density at radius 2 is 2.25 bits per heavy atom. The number of aromatic nitrogens is 5. The summed E-state index contributed by atoms with van der Waals surface area (Å²) in [4.78, 5) is 10.3. The molecule has 6 nitrogen and oxygen atoms in total. The lowest BCUT2D eigenvalue weighted by molar-refractivity contribution is 0.816. The van der Waals surface area contributed by atoms with Crippen LogP contribution in [0.3, 0.4) is 0 Å². The maximum Gasteiger partial charge on any atom is 0.203 e. The molecule has 20 heavy (non-hydrogen) atoms. The molecule has 0 atom stereocenters. The first kappa shape index (κ1) is 13.0. The fourth-order valence-corrected chi connectivity index (χ4v) is 3.15. The molecule has 0 unspecified atom stereocenters. The van der Waals surface area contributed by atoms with Crippen LogP contribution in [0.2, 0.25) is 0 Å². The molecule has 3 aromatic rings. The lowest BCUT2D eigenvalue weighted by Gasteiger charge is -2.04. The predicted molar refractivity (Wildman–Crippen MR) is 79.0 cm³/mol. The molecule has 0 spiro atoms. The molecule has 0 amide bonds. The maximum absolute atomic E-state index is 4.68. The third kappa shape index (κ3) is 2.36. The summed E-state index contributed by atoms with van der Waals surface area (Å²) in [5.41, 5.74) is 1.91. The minimum atomic E-state index is 0.457. The van der Waals surface area contributed by atoms with Crippen molar-refractivity contribution in [3.63, 3.8) is 0 Å². The highest BCUT2D eigenvalue weighted by atomic mass is 32.1. The standard InChI is InChI=1S/C13H16N6S/c1-8(2)11-9(3)20-10(17-11)6-15-12-13-18-16-7-19(13)5-4-14-12/h4-5,7-8H,6H2,1-3H3,(H,14,15). The number of aryl methyl sites for hydroxylation is 1. The normalized spacial score (nSPS) is 11.4. The second-order valence-corrected chi connectivity index (χ2v) is 6.18. The van der Waals surface area contributed by atoms with E-state index < -0.39 is 0 Å². The number of thiazole rings is 1. The third-order valence-electron chi connectivity index (χ3n) is 3.05. The van der Waals surface area contributed by atoms with Crippen LogP contribution >= 0.6 is 11.3 Å². The van der Waals surface area contributed by atoms with Crippen LogP contribution in [0.4, 0.5) is 5.82 Å². The van der Waals surface area contributed by atoms with Gasteiger partial charge in [-0.25, -0.2) is 9.97 Å². The zero-order valence-electron chi connectivity index (χ0n) is 11.7. The summed E-state index contributed by atoms with van der Waals surface area (Å²) in [6.07, 6.45) is 5.21. The van der Waals surface area contributed by atoms with Crippen LogP contribution in [-0.4, -0.2) is 24.6 Å². The Morgan fingerprint density at radius 3 is 3.00 bits per heavy atom. The molecule has 0 aromatic carbocycles. The molecule has 7 heteroatoms. The molecule has 0 radical (unpaired) electrons. The summed E-state index contributed by atoms with van der Waals surface area (Å²) < 4.78 is 1.84. The molecule has 0 aliphatic rings. The summed E-state index contributed by atoms with van der Waals surface area (Å²) in [7, 11) is 0. The largest absolute Gasteiger partial charge is 0.360 e. The van der Waals surface area contributed by atoms with Gasteiger partial charge in [-0.2, -0.15) is 0 Å². The number of anilines is 1. The van der Waals surface area contributed by atoms with Gasteiger partial charge in [0.05, 0.1) is 12.2 Å². The molecule has 0 bridgehead atoms. The molecule has 3 aromatic heterocycles. The van der Waals surface area contributed by atoms with Gasteiger partial charge in [0.25, 0.3) is 0 Å². The zero-order chi connectivity index (χ0) is 14.1. The van der Waals surface area contributed by atoms with Gasteiger partial charge in [-0.05, 0) is 12.8 Å². The van der Waals surface area contributed by atoms with Crippen LogP contribution in [0.5, 0.6) is 0 Å². The number of hydrogen-bond donors (Lipinski definition) is 1. The molecule has 0 aliphatic carbocycles. The second-order valence-electron chi connectivity index (χ2n) is 4.89. The Balaban J connectivity index is 1.79. The van der Waals surface area contributed by atoms with Crippen molar-refractivity contribution in [3.05, 3.63) is 34.3 Å². The Morgan fingerprint density at radius 1 is 1.40 bits per heavy atom. The smallest absolute Gasteiger partial charge is 0.203 e. The minimum Gasteiger partial charge on any atom is -0.360 e. The number of fused-ring (bicyclic) bond motifs is 1. The van der Waals surface area contributed by atoms with Crippen molar-refractivity contribution in [2.45, 2.75) is 33.2 Å². The van der Waals surface area contributed by atoms with E-state index in [9.17, 15) is 0 Å². The van der Waals surface area contributed by atoms with Gasteiger partial charge in [-0.3, -0.25) is 4.40 Å². The molecule has 3 heterocycles. The molecular weight excluding hydrogens is 272 g/mol. The summed E-state index contributed by atoms with van der Waals surface area (Å²) in [5, 5.41) is 12.3. The highest BCUT2D eigenvalue weighted by Crippen LogP contribution is 2.24. The Bertz CT molecular complexity index is 729. The van der Waals surface area contributed by atoms with Crippen LogP contribution in [0, 0.1) is 6.92 Å². The van der Waals surface area contributed by atoms with E-state index in [-0.39, 0.29) is 0 Å². The fraction of sp³-hybridized carbons (Fsp3) is 0.385.